The van der Waals surface area contributed by atoms with Crippen molar-refractivity contribution in [1.29, 1.82) is 0 Å². The quantitative estimate of drug-likeness (QED) is 0.839. The molecule has 2 heterocycles. The molecule has 25 heavy (non-hydrogen) atoms. The Morgan fingerprint density at radius 3 is 2.56 bits per heavy atom. The van der Waals surface area contributed by atoms with Gasteiger partial charge in [0.15, 0.2) is 0 Å². The van der Waals surface area contributed by atoms with Crippen LogP contribution in [0.5, 0.6) is 5.75 Å². The van der Waals surface area contributed by atoms with E-state index in [-0.39, 0.29) is 5.91 Å². The highest BCUT2D eigenvalue weighted by molar-refractivity contribution is 5.73. The summed E-state index contributed by atoms with van der Waals surface area (Å²) in [5, 5.41) is 0. The van der Waals surface area contributed by atoms with Crippen LogP contribution in [-0.4, -0.2) is 49.0 Å². The highest BCUT2D eigenvalue weighted by Crippen LogP contribution is 2.33. The van der Waals surface area contributed by atoms with Gasteiger partial charge in [-0.25, -0.2) is 0 Å². The fourth-order valence-corrected chi connectivity index (χ4v) is 4.18. The highest BCUT2D eigenvalue weighted by Gasteiger charge is 2.26. The molecule has 4 heteroatoms. The fourth-order valence-electron chi connectivity index (χ4n) is 4.18. The lowest BCUT2D eigenvalue weighted by molar-refractivity contribution is -0.130. The molecule has 4 nitrogen and oxygen atoms in total. The van der Waals surface area contributed by atoms with Crippen molar-refractivity contribution in [3.8, 4) is 5.75 Å². The Hall–Kier alpha value is -1.55. The molecule has 2 aliphatic rings. The standard InChI is InChI=1S/C21H32N2O2/c1-15(2)19-11-18-7-8-22(14-20(18)21(12-19)25-4)13-17-5-9-23(10-6-17)16(3)24/h11-12,15,17H,5-10,13-14H2,1-4H3. The third-order valence-corrected chi connectivity index (χ3v) is 5.87. The summed E-state index contributed by atoms with van der Waals surface area (Å²) in [5.74, 6) is 2.51. The molecule has 0 N–H and O–H groups in total. The van der Waals surface area contributed by atoms with Crippen LogP contribution < -0.4 is 4.74 Å². The van der Waals surface area contributed by atoms with E-state index in [1.165, 1.54) is 16.7 Å². The van der Waals surface area contributed by atoms with E-state index in [1.807, 2.05) is 4.90 Å². The van der Waals surface area contributed by atoms with Crippen LogP contribution in [0.1, 0.15) is 56.2 Å². The lowest BCUT2D eigenvalue weighted by Crippen LogP contribution is -2.41. The van der Waals surface area contributed by atoms with Crippen LogP contribution in [0.3, 0.4) is 0 Å². The van der Waals surface area contributed by atoms with E-state index in [9.17, 15) is 4.79 Å². The summed E-state index contributed by atoms with van der Waals surface area (Å²) in [5.41, 5.74) is 4.21. The molecule has 0 radical (unpaired) electrons. The molecular weight excluding hydrogens is 312 g/mol. The lowest BCUT2D eigenvalue weighted by atomic mass is 9.90. The molecule has 0 unspecified atom stereocenters. The number of fused-ring (bicyclic) bond motifs is 1. The molecule has 0 aliphatic carbocycles. The van der Waals surface area contributed by atoms with Crippen molar-refractivity contribution in [2.45, 2.75) is 52.5 Å². The summed E-state index contributed by atoms with van der Waals surface area (Å²) in [6.45, 7) is 11.3. The molecule has 138 valence electrons. The van der Waals surface area contributed by atoms with Crippen LogP contribution in [0.25, 0.3) is 0 Å². The van der Waals surface area contributed by atoms with Crippen molar-refractivity contribution in [2.24, 2.45) is 5.92 Å². The summed E-state index contributed by atoms with van der Waals surface area (Å²) in [7, 11) is 1.79. The van der Waals surface area contributed by atoms with Crippen LogP contribution >= 0.6 is 0 Å². The van der Waals surface area contributed by atoms with Gasteiger partial charge in [0.1, 0.15) is 5.75 Å². The van der Waals surface area contributed by atoms with Gasteiger partial charge in [0, 0.05) is 45.2 Å². The Morgan fingerprint density at radius 2 is 1.96 bits per heavy atom. The summed E-state index contributed by atoms with van der Waals surface area (Å²) >= 11 is 0. The smallest absolute Gasteiger partial charge is 0.219 e. The number of amides is 1. The van der Waals surface area contributed by atoms with Crippen LogP contribution in [0.2, 0.25) is 0 Å². The Balaban J connectivity index is 1.64. The van der Waals surface area contributed by atoms with Crippen molar-refractivity contribution in [3.63, 3.8) is 0 Å². The largest absolute Gasteiger partial charge is 0.496 e. The second-order valence-electron chi connectivity index (χ2n) is 7.95. The van der Waals surface area contributed by atoms with E-state index in [2.05, 4.69) is 30.9 Å². The average molecular weight is 344 g/mol. The third kappa shape index (κ3) is 4.17. The summed E-state index contributed by atoms with van der Waals surface area (Å²) in [6, 6.07) is 4.60. The molecular formula is C21H32N2O2. The molecule has 0 atom stereocenters. The molecule has 0 saturated carbocycles. The maximum absolute atomic E-state index is 11.5. The zero-order valence-electron chi connectivity index (χ0n) is 16.2. The Bertz CT molecular complexity index is 601. The predicted molar refractivity (Wildman–Crippen MR) is 101 cm³/mol. The van der Waals surface area contributed by atoms with Crippen LogP contribution in [-0.2, 0) is 17.8 Å². The number of likely N-dealkylation sites (tertiary alicyclic amines) is 1. The molecule has 0 spiro atoms. The molecule has 1 saturated heterocycles. The number of hydrogen-bond donors (Lipinski definition) is 0. The molecule has 0 aromatic heterocycles. The van der Waals surface area contributed by atoms with Gasteiger partial charge in [0.2, 0.25) is 5.91 Å². The molecule has 3 rings (SSSR count). The summed E-state index contributed by atoms with van der Waals surface area (Å²) < 4.78 is 5.71. The van der Waals surface area contributed by atoms with Crippen molar-refractivity contribution >= 4 is 5.91 Å². The van der Waals surface area contributed by atoms with E-state index in [4.69, 9.17) is 4.74 Å². The molecule has 1 fully saturated rings. The Morgan fingerprint density at radius 1 is 1.24 bits per heavy atom. The van der Waals surface area contributed by atoms with Gasteiger partial charge in [0.25, 0.3) is 0 Å². The topological polar surface area (TPSA) is 32.8 Å². The highest BCUT2D eigenvalue weighted by atomic mass is 16.5. The first kappa shape index (κ1) is 18.2. The number of piperidine rings is 1. The van der Waals surface area contributed by atoms with Gasteiger partial charge in [-0.05, 0) is 48.3 Å². The molecule has 2 aliphatic heterocycles. The number of carbonyl (C=O) groups excluding carboxylic acids is 1. The Kier molecular flexibility index (Phi) is 5.67. The SMILES string of the molecule is COc1cc(C(C)C)cc2c1CN(CC1CCN(C(C)=O)CC1)CC2. The van der Waals surface area contributed by atoms with Crippen LogP contribution in [0.4, 0.5) is 0 Å². The summed E-state index contributed by atoms with van der Waals surface area (Å²) in [4.78, 5) is 16.0. The molecule has 1 aromatic rings. The van der Waals surface area contributed by atoms with Gasteiger partial charge >= 0.3 is 0 Å². The van der Waals surface area contributed by atoms with E-state index in [1.54, 1.807) is 14.0 Å². The number of carbonyl (C=O) groups is 1. The second kappa shape index (κ2) is 7.77. The first-order chi connectivity index (χ1) is 12.0. The number of methoxy groups -OCH3 is 1. The number of nitrogens with zero attached hydrogens (tertiary/aromatic N) is 2. The maximum Gasteiger partial charge on any atom is 0.219 e. The van der Waals surface area contributed by atoms with Gasteiger partial charge in [-0.15, -0.1) is 0 Å². The van der Waals surface area contributed by atoms with Crippen LogP contribution in [0, 0.1) is 5.92 Å². The van der Waals surface area contributed by atoms with E-state index < -0.39 is 0 Å². The van der Waals surface area contributed by atoms with E-state index in [0.717, 1.165) is 57.7 Å². The van der Waals surface area contributed by atoms with Gasteiger partial charge in [-0.1, -0.05) is 19.9 Å². The average Bonchev–Trinajstić information content (AvgIpc) is 2.61. The molecule has 1 aromatic carbocycles. The minimum atomic E-state index is 0.219. The van der Waals surface area contributed by atoms with Gasteiger partial charge < -0.3 is 9.64 Å². The predicted octanol–water partition coefficient (Wildman–Crippen LogP) is 3.44. The number of ether oxygens (including phenoxy) is 1. The summed E-state index contributed by atoms with van der Waals surface area (Å²) in [6.07, 6.45) is 3.37. The van der Waals surface area contributed by atoms with Gasteiger partial charge in [0.05, 0.1) is 7.11 Å². The minimum absolute atomic E-state index is 0.219. The zero-order valence-corrected chi connectivity index (χ0v) is 16.2. The first-order valence-corrected chi connectivity index (χ1v) is 9.65. The maximum atomic E-state index is 11.5. The number of hydrogen-bond acceptors (Lipinski definition) is 3. The van der Waals surface area contributed by atoms with Gasteiger partial charge in [-0.3, -0.25) is 9.69 Å². The molecule has 0 bridgehead atoms. The van der Waals surface area contributed by atoms with Crippen molar-refractivity contribution in [3.05, 3.63) is 28.8 Å². The normalized spacial score (nSPS) is 19.2. The first-order valence-electron chi connectivity index (χ1n) is 9.65. The fraction of sp³-hybridized carbons (Fsp3) is 0.667. The Labute approximate surface area is 152 Å². The number of benzene rings is 1. The monoisotopic (exact) mass is 344 g/mol. The van der Waals surface area contributed by atoms with Crippen molar-refractivity contribution < 1.29 is 9.53 Å². The zero-order chi connectivity index (χ0) is 18.0. The third-order valence-electron chi connectivity index (χ3n) is 5.87. The van der Waals surface area contributed by atoms with E-state index in [0.29, 0.717) is 11.8 Å². The minimum Gasteiger partial charge on any atom is -0.496 e. The second-order valence-corrected chi connectivity index (χ2v) is 7.95. The van der Waals surface area contributed by atoms with Crippen LogP contribution in [0.15, 0.2) is 12.1 Å². The van der Waals surface area contributed by atoms with Gasteiger partial charge in [-0.2, -0.15) is 0 Å². The van der Waals surface area contributed by atoms with Crippen molar-refractivity contribution in [2.75, 3.05) is 33.3 Å². The van der Waals surface area contributed by atoms with Crippen molar-refractivity contribution in [1.82, 2.24) is 9.80 Å². The van der Waals surface area contributed by atoms with E-state index >= 15 is 0 Å². The molecule has 1 amide bonds. The number of rotatable bonds is 4. The lowest BCUT2D eigenvalue weighted by Gasteiger charge is -2.36.